The van der Waals surface area contributed by atoms with Crippen LogP contribution in [-0.2, 0) is 0 Å². The molecule has 0 radical (unpaired) electrons. The lowest BCUT2D eigenvalue weighted by atomic mass is 9.88. The summed E-state index contributed by atoms with van der Waals surface area (Å²) >= 11 is 0. The van der Waals surface area contributed by atoms with Crippen molar-refractivity contribution < 1.29 is 0 Å². The molecule has 0 aromatic rings. The van der Waals surface area contributed by atoms with Crippen LogP contribution in [0, 0.1) is 12.3 Å². The van der Waals surface area contributed by atoms with Gasteiger partial charge >= 0.3 is 0 Å². The molecule has 3 heteroatoms. The average Bonchev–Trinajstić information content (AvgIpc) is 2.17. The summed E-state index contributed by atoms with van der Waals surface area (Å²) in [7, 11) is 2.13. The lowest BCUT2D eigenvalue weighted by Crippen LogP contribution is -2.62. The van der Waals surface area contributed by atoms with Crippen LogP contribution in [0.1, 0.15) is 19.8 Å². The lowest BCUT2D eigenvalue weighted by molar-refractivity contribution is 0.146. The van der Waals surface area contributed by atoms with Gasteiger partial charge in [0.15, 0.2) is 0 Å². The Morgan fingerprint density at radius 3 is 2.93 bits per heavy atom. The van der Waals surface area contributed by atoms with Gasteiger partial charge in [0.05, 0.1) is 6.04 Å². The van der Waals surface area contributed by atoms with E-state index in [1.165, 1.54) is 6.42 Å². The molecule has 2 unspecified atom stereocenters. The van der Waals surface area contributed by atoms with Gasteiger partial charge in [-0.3, -0.25) is 5.32 Å². The molecule has 3 nitrogen and oxygen atoms in total. The Hall–Kier alpha value is -0.560. The molecule has 1 fully saturated rings. The Labute approximate surface area is 87.0 Å². The number of nitrogens with zero attached hydrogens (tertiary/aromatic N) is 1. The Bertz CT molecular complexity index is 221. The first-order chi connectivity index (χ1) is 6.62. The smallest absolute Gasteiger partial charge is 0.0663 e. The van der Waals surface area contributed by atoms with Crippen molar-refractivity contribution in [2.75, 3.05) is 26.7 Å². The van der Waals surface area contributed by atoms with E-state index in [-0.39, 0.29) is 11.6 Å². The normalized spacial score (nSPS) is 31.0. The number of likely N-dealkylation sites (tertiary alicyclic amines) is 1. The molecule has 0 amide bonds. The SMILES string of the molecule is C#CC(C)NC1(CN)CCCN(C)C1. The highest BCUT2D eigenvalue weighted by Gasteiger charge is 2.33. The monoisotopic (exact) mass is 195 g/mol. The predicted molar refractivity (Wildman–Crippen MR) is 59.9 cm³/mol. The van der Waals surface area contributed by atoms with Crippen LogP contribution in [0.3, 0.4) is 0 Å². The van der Waals surface area contributed by atoms with E-state index in [4.69, 9.17) is 12.2 Å². The van der Waals surface area contributed by atoms with Gasteiger partial charge in [-0.1, -0.05) is 5.92 Å². The minimum absolute atomic E-state index is 0.0266. The molecule has 0 saturated carbocycles. The van der Waals surface area contributed by atoms with Gasteiger partial charge in [0.25, 0.3) is 0 Å². The molecule has 0 bridgehead atoms. The van der Waals surface area contributed by atoms with Crippen molar-refractivity contribution in [2.45, 2.75) is 31.3 Å². The Balaban J connectivity index is 2.61. The van der Waals surface area contributed by atoms with Crippen LogP contribution in [-0.4, -0.2) is 43.2 Å². The molecule has 0 aromatic heterocycles. The first kappa shape index (κ1) is 11.5. The van der Waals surface area contributed by atoms with E-state index in [0.717, 1.165) is 19.5 Å². The summed E-state index contributed by atoms with van der Waals surface area (Å²) in [5.41, 5.74) is 5.87. The summed E-state index contributed by atoms with van der Waals surface area (Å²) in [5.74, 6) is 2.70. The molecule has 1 heterocycles. The molecule has 1 saturated heterocycles. The van der Waals surface area contributed by atoms with Crippen molar-refractivity contribution >= 4 is 0 Å². The summed E-state index contributed by atoms with van der Waals surface area (Å²) in [5, 5.41) is 3.46. The van der Waals surface area contributed by atoms with Gasteiger partial charge in [0, 0.05) is 18.6 Å². The van der Waals surface area contributed by atoms with Gasteiger partial charge in [0.1, 0.15) is 0 Å². The first-order valence-electron chi connectivity index (χ1n) is 5.24. The number of terminal acetylenes is 1. The molecular weight excluding hydrogens is 174 g/mol. The zero-order valence-corrected chi connectivity index (χ0v) is 9.21. The third-order valence-electron chi connectivity index (χ3n) is 2.93. The number of piperidine rings is 1. The zero-order chi connectivity index (χ0) is 10.6. The van der Waals surface area contributed by atoms with Crippen molar-refractivity contribution in [1.82, 2.24) is 10.2 Å². The summed E-state index contributed by atoms with van der Waals surface area (Å²) in [6.07, 6.45) is 7.69. The maximum absolute atomic E-state index is 5.85. The van der Waals surface area contributed by atoms with Crippen LogP contribution in [0.4, 0.5) is 0 Å². The number of rotatable bonds is 3. The number of nitrogens with two attached hydrogens (primary N) is 1. The van der Waals surface area contributed by atoms with Crippen LogP contribution < -0.4 is 11.1 Å². The molecular formula is C11H21N3. The highest BCUT2D eigenvalue weighted by Crippen LogP contribution is 2.19. The third kappa shape index (κ3) is 2.71. The van der Waals surface area contributed by atoms with Crippen LogP contribution in [0.25, 0.3) is 0 Å². The fraction of sp³-hybridized carbons (Fsp3) is 0.818. The van der Waals surface area contributed by atoms with Crippen molar-refractivity contribution in [1.29, 1.82) is 0 Å². The van der Waals surface area contributed by atoms with Gasteiger partial charge in [-0.15, -0.1) is 6.42 Å². The highest BCUT2D eigenvalue weighted by molar-refractivity contribution is 5.04. The Morgan fingerprint density at radius 1 is 1.71 bits per heavy atom. The van der Waals surface area contributed by atoms with Gasteiger partial charge < -0.3 is 10.6 Å². The molecule has 0 aliphatic carbocycles. The fourth-order valence-corrected chi connectivity index (χ4v) is 2.21. The minimum Gasteiger partial charge on any atom is -0.329 e. The van der Waals surface area contributed by atoms with E-state index in [1.807, 2.05) is 6.92 Å². The third-order valence-corrected chi connectivity index (χ3v) is 2.93. The van der Waals surface area contributed by atoms with Gasteiger partial charge in [-0.25, -0.2) is 0 Å². The van der Waals surface area contributed by atoms with Gasteiger partial charge in [0.2, 0.25) is 0 Å². The average molecular weight is 195 g/mol. The highest BCUT2D eigenvalue weighted by atomic mass is 15.2. The summed E-state index contributed by atoms with van der Waals surface area (Å²) in [6, 6.07) is 0.102. The van der Waals surface area contributed by atoms with E-state index in [9.17, 15) is 0 Å². The molecule has 14 heavy (non-hydrogen) atoms. The van der Waals surface area contributed by atoms with Crippen LogP contribution in [0.5, 0.6) is 0 Å². The maximum atomic E-state index is 5.85. The molecule has 1 aliphatic heterocycles. The van der Waals surface area contributed by atoms with E-state index in [0.29, 0.717) is 6.54 Å². The lowest BCUT2D eigenvalue weighted by Gasteiger charge is -2.42. The van der Waals surface area contributed by atoms with E-state index in [2.05, 4.69) is 23.2 Å². The fourth-order valence-electron chi connectivity index (χ4n) is 2.21. The molecule has 80 valence electrons. The van der Waals surface area contributed by atoms with E-state index >= 15 is 0 Å². The van der Waals surface area contributed by atoms with E-state index in [1.54, 1.807) is 0 Å². The predicted octanol–water partition coefficient (Wildman–Crippen LogP) is 0.0208. The first-order valence-corrected chi connectivity index (χ1v) is 5.24. The Morgan fingerprint density at radius 2 is 2.43 bits per heavy atom. The zero-order valence-electron chi connectivity index (χ0n) is 9.21. The van der Waals surface area contributed by atoms with Crippen molar-refractivity contribution in [2.24, 2.45) is 5.73 Å². The topological polar surface area (TPSA) is 41.3 Å². The van der Waals surface area contributed by atoms with Crippen molar-refractivity contribution in [3.63, 3.8) is 0 Å². The molecule has 1 rings (SSSR count). The second-order valence-corrected chi connectivity index (χ2v) is 4.36. The summed E-state index contributed by atoms with van der Waals surface area (Å²) < 4.78 is 0. The number of hydrogen-bond acceptors (Lipinski definition) is 3. The number of hydrogen-bond donors (Lipinski definition) is 2. The maximum Gasteiger partial charge on any atom is 0.0663 e. The summed E-state index contributed by atoms with van der Waals surface area (Å²) in [4.78, 5) is 2.31. The number of likely N-dealkylation sites (N-methyl/N-ethyl adjacent to an activating group) is 1. The van der Waals surface area contributed by atoms with E-state index < -0.39 is 0 Å². The Kier molecular flexibility index (Phi) is 3.94. The van der Waals surface area contributed by atoms with Crippen molar-refractivity contribution in [3.05, 3.63) is 0 Å². The molecule has 2 atom stereocenters. The largest absolute Gasteiger partial charge is 0.329 e. The second kappa shape index (κ2) is 4.79. The molecule has 0 spiro atoms. The quantitative estimate of drug-likeness (QED) is 0.624. The van der Waals surface area contributed by atoms with Gasteiger partial charge in [-0.05, 0) is 33.4 Å². The molecule has 1 aliphatic rings. The molecule has 0 aromatic carbocycles. The molecule has 3 N–H and O–H groups in total. The van der Waals surface area contributed by atoms with Crippen LogP contribution >= 0.6 is 0 Å². The van der Waals surface area contributed by atoms with Crippen LogP contribution in [0.2, 0.25) is 0 Å². The summed E-state index contributed by atoms with van der Waals surface area (Å²) in [6.45, 7) is 4.82. The standard InChI is InChI=1S/C11H21N3/c1-4-10(2)13-11(8-12)6-5-7-14(3)9-11/h1,10,13H,5-9,12H2,2-3H3. The number of nitrogens with one attached hydrogen (secondary N) is 1. The minimum atomic E-state index is 0.0266. The van der Waals surface area contributed by atoms with Gasteiger partial charge in [-0.2, -0.15) is 0 Å². The second-order valence-electron chi connectivity index (χ2n) is 4.36. The van der Waals surface area contributed by atoms with Crippen LogP contribution in [0.15, 0.2) is 0 Å². The van der Waals surface area contributed by atoms with Crippen molar-refractivity contribution in [3.8, 4) is 12.3 Å².